The van der Waals surface area contributed by atoms with Gasteiger partial charge in [0.15, 0.2) is 0 Å². The molecule has 5 nitrogen and oxygen atoms in total. The topological polar surface area (TPSA) is 66.6 Å². The van der Waals surface area contributed by atoms with Crippen LogP contribution in [0.5, 0.6) is 0 Å². The second-order valence-corrected chi connectivity index (χ2v) is 8.78. The van der Waals surface area contributed by atoms with Crippen molar-refractivity contribution >= 4 is 33.2 Å². The molecule has 6 heteroatoms. The summed E-state index contributed by atoms with van der Waals surface area (Å²) < 4.78 is 1.27. The molecule has 1 aromatic heterocycles. The van der Waals surface area contributed by atoms with E-state index in [2.05, 4.69) is 22.4 Å². The molecule has 2 saturated heterocycles. The lowest BCUT2D eigenvalue weighted by atomic mass is 9.94. The van der Waals surface area contributed by atoms with Gasteiger partial charge < -0.3 is 10.6 Å². The molecule has 0 saturated carbocycles. The Hall–Kier alpha value is -1.92. The smallest absolute Gasteiger partial charge is 0.234 e. The number of thiophene rings is 1. The van der Waals surface area contributed by atoms with E-state index in [1.165, 1.54) is 15.6 Å². The summed E-state index contributed by atoms with van der Waals surface area (Å²) in [5.41, 5.74) is 6.84. The molecule has 2 amide bonds. The summed E-state index contributed by atoms with van der Waals surface area (Å²) in [6.07, 6.45) is 7.42. The quantitative estimate of drug-likeness (QED) is 0.842. The van der Waals surface area contributed by atoms with Crippen molar-refractivity contribution < 1.29 is 9.59 Å². The van der Waals surface area contributed by atoms with Crippen LogP contribution in [-0.4, -0.2) is 53.3 Å². The molecule has 2 fully saturated rings. The maximum atomic E-state index is 12.7. The van der Waals surface area contributed by atoms with Gasteiger partial charge in [0, 0.05) is 23.8 Å². The zero-order valence-corrected chi connectivity index (χ0v) is 17.0. The summed E-state index contributed by atoms with van der Waals surface area (Å²) in [7, 11) is 0. The van der Waals surface area contributed by atoms with Gasteiger partial charge in [0.05, 0.1) is 12.5 Å². The van der Waals surface area contributed by atoms with Crippen molar-refractivity contribution in [3.8, 4) is 0 Å². The molecule has 2 aliphatic rings. The Labute approximate surface area is 170 Å². The van der Waals surface area contributed by atoms with Crippen LogP contribution in [0.15, 0.2) is 29.6 Å². The molecule has 0 spiro atoms. The Morgan fingerprint density at radius 3 is 2.68 bits per heavy atom. The summed E-state index contributed by atoms with van der Waals surface area (Å²) in [6.45, 7) is 2.46. The van der Waals surface area contributed by atoms with Crippen molar-refractivity contribution in [2.75, 3.05) is 19.6 Å². The molecule has 2 N–H and O–H groups in total. The van der Waals surface area contributed by atoms with Crippen LogP contribution in [0.2, 0.25) is 0 Å². The number of piperidine rings is 2. The van der Waals surface area contributed by atoms with Crippen LogP contribution in [0.3, 0.4) is 0 Å². The summed E-state index contributed by atoms with van der Waals surface area (Å²) in [5.74, 6) is -0.0756. The highest BCUT2D eigenvalue weighted by Crippen LogP contribution is 2.28. The number of amides is 2. The van der Waals surface area contributed by atoms with Gasteiger partial charge in [-0.15, -0.1) is 11.3 Å². The number of nitrogens with zero attached hydrogens (tertiary/aromatic N) is 2. The lowest BCUT2D eigenvalue weighted by molar-refractivity contribution is -0.131. The highest BCUT2D eigenvalue weighted by Gasteiger charge is 2.34. The van der Waals surface area contributed by atoms with Crippen LogP contribution >= 0.6 is 11.3 Å². The molecular weight excluding hydrogens is 370 g/mol. The van der Waals surface area contributed by atoms with Gasteiger partial charge in [-0.05, 0) is 61.0 Å². The molecule has 2 aliphatic heterocycles. The van der Waals surface area contributed by atoms with Crippen LogP contribution in [0.25, 0.3) is 10.1 Å². The molecule has 1 radical (unpaired) electrons. The molecule has 1 unspecified atom stereocenters. The Kier molecular flexibility index (Phi) is 5.97. The third-order valence-corrected chi connectivity index (χ3v) is 7.19. The van der Waals surface area contributed by atoms with E-state index in [1.54, 1.807) is 11.3 Å². The van der Waals surface area contributed by atoms with E-state index in [-0.39, 0.29) is 17.9 Å². The Morgan fingerprint density at radius 2 is 1.89 bits per heavy atom. The Morgan fingerprint density at radius 1 is 1.11 bits per heavy atom. The van der Waals surface area contributed by atoms with E-state index in [1.807, 2.05) is 23.5 Å². The average molecular weight is 399 g/mol. The SMILES string of the molecule is NC(=O)C1CCCCN1C1CCN(C(=O)[CH]Cc2csc3ccccc23)CC1. The fraction of sp³-hybridized carbons (Fsp3) is 0.500. The van der Waals surface area contributed by atoms with Crippen molar-refractivity contribution in [2.24, 2.45) is 5.73 Å². The van der Waals surface area contributed by atoms with Crippen molar-refractivity contribution in [1.82, 2.24) is 9.80 Å². The van der Waals surface area contributed by atoms with Crippen molar-refractivity contribution in [2.45, 2.75) is 50.6 Å². The van der Waals surface area contributed by atoms with Crippen molar-refractivity contribution in [3.05, 3.63) is 41.6 Å². The maximum Gasteiger partial charge on any atom is 0.234 e. The third kappa shape index (κ3) is 4.08. The van der Waals surface area contributed by atoms with E-state index < -0.39 is 0 Å². The van der Waals surface area contributed by atoms with Crippen LogP contribution in [-0.2, 0) is 16.0 Å². The number of primary amides is 1. The van der Waals surface area contributed by atoms with Gasteiger partial charge in [0.25, 0.3) is 0 Å². The first-order valence-corrected chi connectivity index (χ1v) is 11.1. The second-order valence-electron chi connectivity index (χ2n) is 7.87. The van der Waals surface area contributed by atoms with Crippen molar-refractivity contribution in [3.63, 3.8) is 0 Å². The number of hydrogen-bond acceptors (Lipinski definition) is 4. The highest BCUT2D eigenvalue weighted by atomic mass is 32.1. The number of benzene rings is 1. The summed E-state index contributed by atoms with van der Waals surface area (Å²) in [6, 6.07) is 8.58. The number of hydrogen-bond donors (Lipinski definition) is 1. The van der Waals surface area contributed by atoms with Gasteiger partial charge in [0.2, 0.25) is 11.8 Å². The zero-order valence-electron chi connectivity index (χ0n) is 16.2. The molecule has 149 valence electrons. The maximum absolute atomic E-state index is 12.7. The molecule has 28 heavy (non-hydrogen) atoms. The number of rotatable bonds is 5. The fourth-order valence-corrected chi connectivity index (χ4v) is 5.61. The van der Waals surface area contributed by atoms with Gasteiger partial charge in [-0.3, -0.25) is 14.5 Å². The van der Waals surface area contributed by atoms with Crippen LogP contribution in [0.4, 0.5) is 0 Å². The molecular formula is C22H28N3O2S. The van der Waals surface area contributed by atoms with E-state index in [0.717, 1.165) is 51.7 Å². The first-order valence-electron chi connectivity index (χ1n) is 10.3. The van der Waals surface area contributed by atoms with Gasteiger partial charge in [-0.2, -0.15) is 0 Å². The highest BCUT2D eigenvalue weighted by molar-refractivity contribution is 7.17. The molecule has 3 heterocycles. The van der Waals surface area contributed by atoms with Crippen LogP contribution < -0.4 is 5.73 Å². The third-order valence-electron chi connectivity index (χ3n) is 6.18. The van der Waals surface area contributed by atoms with E-state index in [9.17, 15) is 9.59 Å². The molecule has 4 rings (SSSR count). The first-order chi connectivity index (χ1) is 13.6. The molecule has 0 aliphatic carbocycles. The molecule has 0 bridgehead atoms. The van der Waals surface area contributed by atoms with Crippen LogP contribution in [0.1, 0.15) is 37.7 Å². The predicted octanol–water partition coefficient (Wildman–Crippen LogP) is 2.98. The van der Waals surface area contributed by atoms with E-state index in [0.29, 0.717) is 12.5 Å². The van der Waals surface area contributed by atoms with Gasteiger partial charge in [-0.1, -0.05) is 24.6 Å². The summed E-state index contributed by atoms with van der Waals surface area (Å²) in [5, 5.41) is 3.40. The molecule has 2 aromatic rings. The van der Waals surface area contributed by atoms with Gasteiger partial charge in [0.1, 0.15) is 0 Å². The van der Waals surface area contributed by atoms with E-state index in [4.69, 9.17) is 5.73 Å². The zero-order chi connectivity index (χ0) is 19.5. The minimum Gasteiger partial charge on any atom is -0.368 e. The van der Waals surface area contributed by atoms with E-state index >= 15 is 0 Å². The van der Waals surface area contributed by atoms with Crippen molar-refractivity contribution in [1.29, 1.82) is 0 Å². The largest absolute Gasteiger partial charge is 0.368 e. The second kappa shape index (κ2) is 8.62. The number of fused-ring (bicyclic) bond motifs is 1. The number of nitrogens with two attached hydrogens (primary N) is 1. The molecule has 1 atom stereocenters. The Balaban J connectivity index is 1.30. The number of carbonyl (C=O) groups excluding carboxylic acids is 2. The number of carbonyl (C=O) groups is 2. The number of likely N-dealkylation sites (tertiary alicyclic amines) is 2. The minimum absolute atomic E-state index is 0.124. The monoisotopic (exact) mass is 398 g/mol. The first kappa shape index (κ1) is 19.4. The van der Waals surface area contributed by atoms with Gasteiger partial charge in [-0.25, -0.2) is 0 Å². The standard InChI is InChI=1S/C22H28N3O2S/c23-22(27)19-6-3-4-12-25(19)17-10-13-24(14-11-17)21(26)9-8-16-15-28-20-7-2-1-5-18(16)20/h1-2,5,7,9,15,17,19H,3-4,6,8,10-14H2,(H2,23,27). The van der Waals surface area contributed by atoms with Crippen LogP contribution in [0, 0.1) is 6.42 Å². The summed E-state index contributed by atoms with van der Waals surface area (Å²) >= 11 is 1.73. The fourth-order valence-electron chi connectivity index (χ4n) is 4.63. The lowest BCUT2D eigenvalue weighted by Gasteiger charge is -2.43. The van der Waals surface area contributed by atoms with Gasteiger partial charge >= 0.3 is 0 Å². The Bertz CT molecular complexity index is 841. The molecule has 1 aromatic carbocycles. The lowest BCUT2D eigenvalue weighted by Crippen LogP contribution is -2.55. The normalized spacial score (nSPS) is 21.9. The average Bonchev–Trinajstić information content (AvgIpc) is 3.15. The summed E-state index contributed by atoms with van der Waals surface area (Å²) in [4.78, 5) is 28.7. The predicted molar refractivity (Wildman–Crippen MR) is 113 cm³/mol. The minimum atomic E-state index is -0.200.